The maximum absolute atomic E-state index is 2.47. The van der Waals surface area contributed by atoms with Crippen molar-refractivity contribution in [3.8, 4) is 27.9 Å². The minimum absolute atomic E-state index is 0.580. The summed E-state index contributed by atoms with van der Waals surface area (Å²) in [5, 5.41) is 3.65. The van der Waals surface area contributed by atoms with E-state index in [1.54, 1.807) is 0 Å². The van der Waals surface area contributed by atoms with Gasteiger partial charge in [-0.1, -0.05) is 170 Å². The summed E-state index contributed by atoms with van der Waals surface area (Å²) in [7, 11) is 0. The highest BCUT2D eigenvalue weighted by Gasteiger charge is 2.46. The van der Waals surface area contributed by atoms with Crippen molar-refractivity contribution >= 4 is 38.7 Å². The average Bonchev–Trinajstić information content (AvgIpc) is 3.85. The molecule has 0 aliphatic heterocycles. The first kappa shape index (κ1) is 33.0. The Hall–Kier alpha value is -7.42. The van der Waals surface area contributed by atoms with Crippen molar-refractivity contribution in [2.24, 2.45) is 0 Å². The molecule has 0 bridgehead atoms. The van der Waals surface area contributed by atoms with Crippen molar-refractivity contribution in [3.05, 3.63) is 253 Å². The summed E-state index contributed by atoms with van der Waals surface area (Å²) in [5.74, 6) is 0. The normalized spacial score (nSPS) is 12.7. The number of aromatic nitrogens is 1. The van der Waals surface area contributed by atoms with Crippen LogP contribution in [0, 0.1) is 0 Å². The lowest BCUT2D eigenvalue weighted by Crippen LogP contribution is -2.29. The zero-order chi connectivity index (χ0) is 37.8. The predicted octanol–water partition coefficient (Wildman–Crippen LogP) is 14.3. The SMILES string of the molecule is c1ccc(-c2ccc(N(c3ccc4c(c3)C(c3ccccc3)(c3ccccc3)c3cc(-n5ccc6ccccc65)ccc3-4)c3cccc4ccccc34)cc2)cc1. The molecule has 0 fully saturated rings. The van der Waals surface area contributed by atoms with Gasteiger partial charge in [-0.2, -0.15) is 0 Å². The first-order chi connectivity index (χ1) is 28.3. The maximum atomic E-state index is 2.47. The van der Waals surface area contributed by atoms with E-state index in [9.17, 15) is 0 Å². The molecule has 0 unspecified atom stereocenters. The molecule has 0 saturated heterocycles. The van der Waals surface area contributed by atoms with Gasteiger partial charge in [-0.25, -0.2) is 0 Å². The fourth-order valence-electron chi connectivity index (χ4n) is 9.33. The van der Waals surface area contributed by atoms with Crippen LogP contribution in [-0.4, -0.2) is 4.57 Å². The van der Waals surface area contributed by atoms with Gasteiger partial charge >= 0.3 is 0 Å². The summed E-state index contributed by atoms with van der Waals surface area (Å²) in [6.45, 7) is 0. The first-order valence-electron chi connectivity index (χ1n) is 19.7. The van der Waals surface area contributed by atoms with Crippen LogP contribution in [0.3, 0.4) is 0 Å². The monoisotopic (exact) mass is 726 g/mol. The van der Waals surface area contributed by atoms with Gasteiger partial charge in [0.15, 0.2) is 0 Å². The van der Waals surface area contributed by atoms with Crippen LogP contribution in [0.5, 0.6) is 0 Å². The van der Waals surface area contributed by atoms with Crippen LogP contribution in [-0.2, 0) is 5.41 Å². The van der Waals surface area contributed by atoms with E-state index in [1.165, 1.54) is 66.2 Å². The minimum Gasteiger partial charge on any atom is -0.317 e. The van der Waals surface area contributed by atoms with Crippen LogP contribution in [0.15, 0.2) is 231 Å². The second-order valence-corrected chi connectivity index (χ2v) is 14.9. The molecule has 0 N–H and O–H groups in total. The molecule has 57 heavy (non-hydrogen) atoms. The number of rotatable bonds is 7. The van der Waals surface area contributed by atoms with E-state index >= 15 is 0 Å². The van der Waals surface area contributed by atoms with E-state index in [-0.39, 0.29) is 0 Å². The Kier molecular flexibility index (Phi) is 7.75. The zero-order valence-electron chi connectivity index (χ0n) is 31.3. The summed E-state index contributed by atoms with van der Waals surface area (Å²) in [6, 6.07) is 82.2. The van der Waals surface area contributed by atoms with Crippen molar-refractivity contribution in [1.29, 1.82) is 0 Å². The van der Waals surface area contributed by atoms with E-state index in [1.807, 2.05) is 0 Å². The molecular weight excluding hydrogens is 689 g/mol. The summed E-state index contributed by atoms with van der Waals surface area (Å²) < 4.78 is 2.33. The van der Waals surface area contributed by atoms with Crippen LogP contribution >= 0.6 is 0 Å². The van der Waals surface area contributed by atoms with Crippen LogP contribution < -0.4 is 4.90 Å². The molecule has 1 heterocycles. The molecule has 2 heteroatoms. The van der Waals surface area contributed by atoms with Crippen molar-refractivity contribution < 1.29 is 0 Å². The molecule has 268 valence electrons. The molecule has 0 saturated carbocycles. The number of hydrogen-bond donors (Lipinski definition) is 0. The molecule has 1 aliphatic rings. The number of benzene rings is 9. The quantitative estimate of drug-likeness (QED) is 0.159. The molecule has 0 spiro atoms. The molecule has 11 rings (SSSR count). The highest BCUT2D eigenvalue weighted by Crippen LogP contribution is 2.58. The highest BCUT2D eigenvalue weighted by molar-refractivity contribution is 6.00. The van der Waals surface area contributed by atoms with Crippen LogP contribution in [0.2, 0.25) is 0 Å². The Bertz CT molecular complexity index is 3010. The largest absolute Gasteiger partial charge is 0.317 e. The number of anilines is 3. The summed E-state index contributed by atoms with van der Waals surface area (Å²) >= 11 is 0. The highest BCUT2D eigenvalue weighted by atomic mass is 15.1. The van der Waals surface area contributed by atoms with Gasteiger partial charge in [-0.3, -0.25) is 0 Å². The molecule has 0 radical (unpaired) electrons. The van der Waals surface area contributed by atoms with Gasteiger partial charge in [-0.05, 0) is 110 Å². The van der Waals surface area contributed by atoms with E-state index < -0.39 is 5.41 Å². The summed E-state index contributed by atoms with van der Waals surface area (Å²) in [6.07, 6.45) is 2.20. The third-order valence-electron chi connectivity index (χ3n) is 11.9. The predicted molar refractivity (Wildman–Crippen MR) is 238 cm³/mol. The van der Waals surface area contributed by atoms with E-state index in [2.05, 4.69) is 240 Å². The van der Waals surface area contributed by atoms with Gasteiger partial charge in [0, 0.05) is 28.6 Å². The molecule has 2 nitrogen and oxygen atoms in total. The van der Waals surface area contributed by atoms with Crippen LogP contribution in [0.4, 0.5) is 17.1 Å². The number of nitrogens with zero attached hydrogens (tertiary/aromatic N) is 2. The van der Waals surface area contributed by atoms with E-state index in [0.29, 0.717) is 0 Å². The Morgan fingerprint density at radius 1 is 0.386 bits per heavy atom. The Balaban J connectivity index is 1.17. The second-order valence-electron chi connectivity index (χ2n) is 14.9. The summed E-state index contributed by atoms with van der Waals surface area (Å²) in [5.41, 5.74) is 15.1. The van der Waals surface area contributed by atoms with Gasteiger partial charge in [0.1, 0.15) is 0 Å². The van der Waals surface area contributed by atoms with Crippen molar-refractivity contribution in [2.75, 3.05) is 4.90 Å². The lowest BCUT2D eigenvalue weighted by molar-refractivity contribution is 0.767. The molecule has 1 aromatic heterocycles. The maximum Gasteiger partial charge on any atom is 0.0715 e. The lowest BCUT2D eigenvalue weighted by Gasteiger charge is -2.35. The van der Waals surface area contributed by atoms with Gasteiger partial charge in [0.2, 0.25) is 0 Å². The molecule has 9 aromatic carbocycles. The zero-order valence-corrected chi connectivity index (χ0v) is 31.3. The number of para-hydroxylation sites is 1. The minimum atomic E-state index is -0.580. The second kappa shape index (κ2) is 13.4. The van der Waals surface area contributed by atoms with Crippen LogP contribution in [0.25, 0.3) is 49.6 Å². The fourth-order valence-corrected chi connectivity index (χ4v) is 9.33. The number of hydrogen-bond acceptors (Lipinski definition) is 1. The third-order valence-corrected chi connectivity index (χ3v) is 11.9. The van der Waals surface area contributed by atoms with E-state index in [4.69, 9.17) is 0 Å². The van der Waals surface area contributed by atoms with Crippen LogP contribution in [0.1, 0.15) is 22.3 Å². The average molecular weight is 727 g/mol. The molecule has 0 atom stereocenters. The van der Waals surface area contributed by atoms with Gasteiger partial charge in [0.05, 0.1) is 16.6 Å². The summed E-state index contributed by atoms with van der Waals surface area (Å²) in [4.78, 5) is 2.44. The molecular formula is C55H38N2. The molecule has 1 aliphatic carbocycles. The van der Waals surface area contributed by atoms with E-state index in [0.717, 1.165) is 22.7 Å². The van der Waals surface area contributed by atoms with Gasteiger partial charge in [-0.15, -0.1) is 0 Å². The standard InChI is InChI=1S/C55H38N2/c1-4-15-39(16-5-1)40-27-29-45(30-28-40)57(54-26-14-19-41-17-10-12-24-48(41)54)47-32-34-50-49-33-31-46(56-36-35-42-18-11-13-25-53(42)56)37-51(49)55(52(50)38-47,43-20-6-2-7-21-43)44-22-8-3-9-23-44/h1-38H. The Morgan fingerprint density at radius 2 is 0.947 bits per heavy atom. The fraction of sp³-hybridized carbons (Fsp3) is 0.0182. The van der Waals surface area contributed by atoms with Crippen molar-refractivity contribution in [1.82, 2.24) is 4.57 Å². The molecule has 0 amide bonds. The number of fused-ring (bicyclic) bond motifs is 5. The third kappa shape index (κ3) is 5.26. The topological polar surface area (TPSA) is 8.17 Å². The van der Waals surface area contributed by atoms with Gasteiger partial charge < -0.3 is 9.47 Å². The molecule has 10 aromatic rings. The Morgan fingerprint density at radius 3 is 1.68 bits per heavy atom. The van der Waals surface area contributed by atoms with Crippen molar-refractivity contribution in [3.63, 3.8) is 0 Å². The Labute approximate surface area is 333 Å². The van der Waals surface area contributed by atoms with Crippen molar-refractivity contribution in [2.45, 2.75) is 5.41 Å². The lowest BCUT2D eigenvalue weighted by atomic mass is 9.67. The first-order valence-corrected chi connectivity index (χ1v) is 19.7. The smallest absolute Gasteiger partial charge is 0.0715 e. The van der Waals surface area contributed by atoms with Gasteiger partial charge in [0.25, 0.3) is 0 Å².